The fourth-order valence-corrected chi connectivity index (χ4v) is 3.44. The van der Waals surface area contributed by atoms with Crippen LogP contribution in [-0.2, 0) is 6.42 Å². The van der Waals surface area contributed by atoms with E-state index in [1.807, 2.05) is 0 Å². The zero-order chi connectivity index (χ0) is 13.5. The van der Waals surface area contributed by atoms with Crippen molar-refractivity contribution in [1.29, 1.82) is 0 Å². The quantitative estimate of drug-likeness (QED) is 0.746. The molecule has 1 nitrogen and oxygen atoms in total. The third-order valence-corrected chi connectivity index (χ3v) is 4.57. The van der Waals surface area contributed by atoms with Crippen LogP contribution in [-0.4, -0.2) is 12.6 Å². The van der Waals surface area contributed by atoms with Gasteiger partial charge in [-0.25, -0.2) is 0 Å². The molecule has 0 radical (unpaired) electrons. The second-order valence-electron chi connectivity index (χ2n) is 6.34. The molecule has 0 bridgehead atoms. The van der Waals surface area contributed by atoms with E-state index in [1.54, 1.807) is 0 Å². The van der Waals surface area contributed by atoms with E-state index in [4.69, 9.17) is 0 Å². The first-order valence-corrected chi connectivity index (χ1v) is 8.04. The Hall–Kier alpha value is -0.820. The maximum atomic E-state index is 3.82. The highest BCUT2D eigenvalue weighted by Crippen LogP contribution is 2.30. The first-order chi connectivity index (χ1) is 9.27. The van der Waals surface area contributed by atoms with Crippen molar-refractivity contribution in [2.24, 2.45) is 11.8 Å². The van der Waals surface area contributed by atoms with Crippen LogP contribution in [0.25, 0.3) is 0 Å². The van der Waals surface area contributed by atoms with Gasteiger partial charge in [0.15, 0.2) is 0 Å². The summed E-state index contributed by atoms with van der Waals surface area (Å²) >= 11 is 0. The summed E-state index contributed by atoms with van der Waals surface area (Å²) in [6.07, 6.45) is 8.12. The molecule has 0 saturated heterocycles. The molecule has 2 atom stereocenters. The van der Waals surface area contributed by atoms with Crippen LogP contribution in [0.3, 0.4) is 0 Å². The highest BCUT2D eigenvalue weighted by atomic mass is 14.9. The zero-order valence-corrected chi connectivity index (χ0v) is 12.6. The fourth-order valence-electron chi connectivity index (χ4n) is 3.44. The van der Waals surface area contributed by atoms with Crippen molar-refractivity contribution < 1.29 is 0 Å². The van der Waals surface area contributed by atoms with E-state index in [0.717, 1.165) is 17.9 Å². The molecule has 1 fully saturated rings. The van der Waals surface area contributed by atoms with Gasteiger partial charge < -0.3 is 5.32 Å². The van der Waals surface area contributed by atoms with Gasteiger partial charge in [-0.2, -0.15) is 0 Å². The summed E-state index contributed by atoms with van der Waals surface area (Å²) in [6, 6.07) is 11.6. The fraction of sp³-hybridized carbons (Fsp3) is 0.667. The minimum atomic E-state index is 0.768. The lowest BCUT2D eigenvalue weighted by atomic mass is 9.78. The van der Waals surface area contributed by atoms with Gasteiger partial charge in [-0.05, 0) is 49.6 Å². The van der Waals surface area contributed by atoms with Crippen LogP contribution in [0.2, 0.25) is 0 Å². The molecular formula is C18H29N. The van der Waals surface area contributed by atoms with Gasteiger partial charge >= 0.3 is 0 Å². The van der Waals surface area contributed by atoms with Crippen LogP contribution in [0, 0.1) is 11.8 Å². The van der Waals surface area contributed by atoms with Crippen LogP contribution in [0.4, 0.5) is 0 Å². The molecule has 0 aliphatic heterocycles. The van der Waals surface area contributed by atoms with Crippen LogP contribution < -0.4 is 5.32 Å². The molecule has 106 valence electrons. The molecule has 0 heterocycles. The Labute approximate surface area is 118 Å². The summed E-state index contributed by atoms with van der Waals surface area (Å²) in [5.74, 6) is 1.72. The molecule has 2 rings (SSSR count). The van der Waals surface area contributed by atoms with E-state index >= 15 is 0 Å². The second-order valence-corrected chi connectivity index (χ2v) is 6.34. The number of rotatable bonds is 6. The molecule has 1 aliphatic rings. The Morgan fingerprint density at radius 1 is 1.11 bits per heavy atom. The smallest absolute Gasteiger partial charge is 0.00977 e. The van der Waals surface area contributed by atoms with Crippen LogP contribution in [0.1, 0.15) is 51.5 Å². The predicted octanol–water partition coefficient (Wildman–Crippen LogP) is 4.42. The third-order valence-electron chi connectivity index (χ3n) is 4.57. The largest absolute Gasteiger partial charge is 0.314 e. The van der Waals surface area contributed by atoms with E-state index in [0.29, 0.717) is 0 Å². The molecule has 0 spiro atoms. The lowest BCUT2D eigenvalue weighted by Gasteiger charge is -2.35. The monoisotopic (exact) mass is 259 g/mol. The van der Waals surface area contributed by atoms with Crippen molar-refractivity contribution in [2.45, 2.75) is 58.4 Å². The number of nitrogens with one attached hydrogen (secondary N) is 1. The number of aryl methyl sites for hydroxylation is 1. The summed E-state index contributed by atoms with van der Waals surface area (Å²) in [5, 5.41) is 3.82. The molecule has 1 aromatic carbocycles. The Balaban J connectivity index is 1.69. The predicted molar refractivity (Wildman–Crippen MR) is 83.3 cm³/mol. The molecule has 19 heavy (non-hydrogen) atoms. The van der Waals surface area contributed by atoms with Gasteiger partial charge in [-0.15, -0.1) is 0 Å². The van der Waals surface area contributed by atoms with Gasteiger partial charge in [0.25, 0.3) is 0 Å². The SMILES string of the molecule is CC(C)C1CCCCC1NCCCc1ccccc1. The van der Waals surface area contributed by atoms with Crippen LogP contribution >= 0.6 is 0 Å². The first kappa shape index (κ1) is 14.6. The van der Waals surface area contributed by atoms with Crippen LogP contribution in [0.5, 0.6) is 0 Å². The van der Waals surface area contributed by atoms with Gasteiger partial charge in [0, 0.05) is 6.04 Å². The van der Waals surface area contributed by atoms with Gasteiger partial charge in [0.1, 0.15) is 0 Å². The summed E-state index contributed by atoms with van der Waals surface area (Å²) in [7, 11) is 0. The van der Waals surface area contributed by atoms with Crippen molar-refractivity contribution in [2.75, 3.05) is 6.54 Å². The van der Waals surface area contributed by atoms with Crippen molar-refractivity contribution >= 4 is 0 Å². The van der Waals surface area contributed by atoms with Crippen molar-refractivity contribution in [3.8, 4) is 0 Å². The van der Waals surface area contributed by atoms with Crippen molar-refractivity contribution in [3.63, 3.8) is 0 Å². The third kappa shape index (κ3) is 4.65. The van der Waals surface area contributed by atoms with Crippen LogP contribution in [0.15, 0.2) is 30.3 Å². The first-order valence-electron chi connectivity index (χ1n) is 8.04. The maximum Gasteiger partial charge on any atom is 0.00977 e. The van der Waals surface area contributed by atoms with E-state index < -0.39 is 0 Å². The van der Waals surface area contributed by atoms with E-state index in [-0.39, 0.29) is 0 Å². The zero-order valence-electron chi connectivity index (χ0n) is 12.6. The second kappa shape index (κ2) is 7.69. The summed E-state index contributed by atoms with van der Waals surface area (Å²) in [5.41, 5.74) is 1.47. The van der Waals surface area contributed by atoms with Gasteiger partial charge in [0.2, 0.25) is 0 Å². The molecule has 0 amide bonds. The molecule has 0 aromatic heterocycles. The highest BCUT2D eigenvalue weighted by molar-refractivity contribution is 5.14. The minimum absolute atomic E-state index is 0.768. The standard InChI is InChI=1S/C18H29N/c1-15(2)17-12-6-7-13-18(17)19-14-8-11-16-9-4-3-5-10-16/h3-5,9-10,15,17-19H,6-8,11-14H2,1-2H3. The molecule has 1 aromatic rings. The Morgan fingerprint density at radius 3 is 2.58 bits per heavy atom. The average Bonchev–Trinajstić information content (AvgIpc) is 2.45. The molecule has 2 unspecified atom stereocenters. The summed E-state index contributed by atoms with van der Waals surface area (Å²) in [4.78, 5) is 0. The van der Waals surface area contributed by atoms with Gasteiger partial charge in [-0.3, -0.25) is 0 Å². The molecule has 1 N–H and O–H groups in total. The van der Waals surface area contributed by atoms with Crippen molar-refractivity contribution in [1.82, 2.24) is 5.32 Å². The van der Waals surface area contributed by atoms with E-state index in [2.05, 4.69) is 49.5 Å². The minimum Gasteiger partial charge on any atom is -0.314 e. The van der Waals surface area contributed by atoms with E-state index in [1.165, 1.54) is 50.6 Å². The van der Waals surface area contributed by atoms with Crippen molar-refractivity contribution in [3.05, 3.63) is 35.9 Å². The lowest BCUT2D eigenvalue weighted by molar-refractivity contribution is 0.206. The number of benzene rings is 1. The Morgan fingerprint density at radius 2 is 1.84 bits per heavy atom. The molecular weight excluding hydrogens is 230 g/mol. The molecule has 1 saturated carbocycles. The highest BCUT2D eigenvalue weighted by Gasteiger charge is 2.26. The van der Waals surface area contributed by atoms with Gasteiger partial charge in [0.05, 0.1) is 0 Å². The van der Waals surface area contributed by atoms with Gasteiger partial charge in [-0.1, -0.05) is 57.0 Å². The Kier molecular flexibility index (Phi) is 5.91. The molecule has 1 aliphatic carbocycles. The number of hydrogen-bond donors (Lipinski definition) is 1. The molecule has 1 heteroatoms. The normalized spacial score (nSPS) is 23.7. The number of hydrogen-bond acceptors (Lipinski definition) is 1. The van der Waals surface area contributed by atoms with E-state index in [9.17, 15) is 0 Å². The Bertz CT molecular complexity index is 344. The maximum absolute atomic E-state index is 3.82. The average molecular weight is 259 g/mol. The lowest BCUT2D eigenvalue weighted by Crippen LogP contribution is -2.41. The summed E-state index contributed by atoms with van der Waals surface area (Å²) < 4.78 is 0. The summed E-state index contributed by atoms with van der Waals surface area (Å²) in [6.45, 7) is 5.94. The topological polar surface area (TPSA) is 12.0 Å².